The van der Waals surface area contributed by atoms with Gasteiger partial charge in [0, 0.05) is 19.3 Å². The van der Waals surface area contributed by atoms with Crippen molar-refractivity contribution in [3.05, 3.63) is 23.8 Å². The number of carbonyl (C=O) groups is 4. The lowest BCUT2D eigenvalue weighted by molar-refractivity contribution is -0.154. The highest BCUT2D eigenvalue weighted by molar-refractivity contribution is 5.79. The van der Waals surface area contributed by atoms with Crippen molar-refractivity contribution in [1.29, 1.82) is 0 Å². The summed E-state index contributed by atoms with van der Waals surface area (Å²) in [6.07, 6.45) is -3.06. The summed E-state index contributed by atoms with van der Waals surface area (Å²) in [4.78, 5) is 48.7. The van der Waals surface area contributed by atoms with Crippen LogP contribution in [0.2, 0.25) is 0 Å². The number of carboxylic acid groups (broad SMARTS) is 1. The van der Waals surface area contributed by atoms with Crippen molar-refractivity contribution < 1.29 is 48.0 Å². The lowest BCUT2D eigenvalue weighted by Gasteiger charge is -2.28. The number of hydrogen-bond donors (Lipinski definition) is 2. The van der Waals surface area contributed by atoms with Gasteiger partial charge < -0.3 is 34.5 Å². The molecule has 0 aromatic heterocycles. The summed E-state index contributed by atoms with van der Waals surface area (Å²) in [5.41, 5.74) is 3.08. The average molecular weight is 540 g/mol. The second-order valence-electron chi connectivity index (χ2n) is 11.7. The maximum absolute atomic E-state index is 12.3. The zero-order valence-electron chi connectivity index (χ0n) is 23.7. The Morgan fingerprint density at radius 3 is 1.82 bits per heavy atom. The second kappa shape index (κ2) is 12.9. The number of benzene rings is 1. The number of carbonyl (C=O) groups excluding carboxylic acids is 3. The molecule has 1 unspecified atom stereocenters. The molecule has 38 heavy (non-hydrogen) atoms. The SMILES string of the molecule is CC(C)CC(=O)O[C@@H](C)CC(N)(Cc1ccc(OC(=O)OC(C)(C)C)c(OC(=O)OC(C)(C)C)c1)C(=O)O. The number of rotatable bonds is 10. The molecule has 1 aromatic rings. The van der Waals surface area contributed by atoms with Gasteiger partial charge in [0.25, 0.3) is 0 Å². The van der Waals surface area contributed by atoms with Crippen molar-refractivity contribution in [2.24, 2.45) is 11.7 Å². The Kier molecular flexibility index (Phi) is 11.1. The minimum atomic E-state index is -1.83. The molecule has 0 amide bonds. The molecule has 0 fully saturated rings. The van der Waals surface area contributed by atoms with Gasteiger partial charge in [-0.05, 0) is 72.1 Å². The molecular formula is C27H41NO10. The third kappa shape index (κ3) is 12.3. The molecule has 0 aliphatic heterocycles. The predicted octanol–water partition coefficient (Wildman–Crippen LogP) is 5.01. The highest BCUT2D eigenvalue weighted by atomic mass is 16.8. The van der Waals surface area contributed by atoms with Gasteiger partial charge in [-0.15, -0.1) is 0 Å². The van der Waals surface area contributed by atoms with E-state index in [0.717, 1.165) is 0 Å². The van der Waals surface area contributed by atoms with Crippen molar-refractivity contribution in [2.45, 2.75) is 104 Å². The van der Waals surface area contributed by atoms with Crippen LogP contribution < -0.4 is 15.2 Å². The van der Waals surface area contributed by atoms with Gasteiger partial charge in [0.2, 0.25) is 0 Å². The fourth-order valence-electron chi connectivity index (χ4n) is 3.31. The van der Waals surface area contributed by atoms with Gasteiger partial charge in [0.15, 0.2) is 11.5 Å². The molecule has 0 aliphatic rings. The minimum absolute atomic E-state index is 0.0848. The Morgan fingerprint density at radius 1 is 0.868 bits per heavy atom. The van der Waals surface area contributed by atoms with Gasteiger partial charge in [0.05, 0.1) is 0 Å². The number of aliphatic carboxylic acids is 1. The van der Waals surface area contributed by atoms with E-state index in [4.69, 9.17) is 29.4 Å². The van der Waals surface area contributed by atoms with Crippen LogP contribution in [0.3, 0.4) is 0 Å². The third-order valence-electron chi connectivity index (χ3n) is 4.68. The Bertz CT molecular complexity index is 1010. The molecule has 0 saturated carbocycles. The molecule has 0 heterocycles. The van der Waals surface area contributed by atoms with E-state index >= 15 is 0 Å². The van der Waals surface area contributed by atoms with Crippen LogP contribution >= 0.6 is 0 Å². The normalized spacial score (nSPS) is 14.2. The van der Waals surface area contributed by atoms with Crippen LogP contribution in [0.5, 0.6) is 11.5 Å². The number of ether oxygens (including phenoxy) is 5. The van der Waals surface area contributed by atoms with Crippen molar-refractivity contribution in [3.8, 4) is 11.5 Å². The highest BCUT2D eigenvalue weighted by Crippen LogP contribution is 2.32. The Balaban J connectivity index is 3.24. The predicted molar refractivity (Wildman–Crippen MR) is 138 cm³/mol. The molecule has 1 rings (SSSR count). The molecule has 11 heteroatoms. The lowest BCUT2D eigenvalue weighted by Crippen LogP contribution is -2.52. The summed E-state index contributed by atoms with van der Waals surface area (Å²) in [6.45, 7) is 15.2. The molecule has 0 saturated heterocycles. The van der Waals surface area contributed by atoms with Crippen LogP contribution in [0.4, 0.5) is 9.59 Å². The van der Waals surface area contributed by atoms with Crippen molar-refractivity contribution >= 4 is 24.2 Å². The summed E-state index contributed by atoms with van der Waals surface area (Å²) in [6, 6.07) is 4.12. The molecule has 0 bridgehead atoms. The molecule has 0 aliphatic carbocycles. The Hall–Kier alpha value is -3.34. The van der Waals surface area contributed by atoms with Gasteiger partial charge in [-0.1, -0.05) is 19.9 Å². The number of nitrogens with two attached hydrogens (primary N) is 1. The van der Waals surface area contributed by atoms with Gasteiger partial charge in [-0.25, -0.2) is 9.59 Å². The fourth-order valence-corrected chi connectivity index (χ4v) is 3.31. The van der Waals surface area contributed by atoms with Crippen LogP contribution in [0.15, 0.2) is 18.2 Å². The van der Waals surface area contributed by atoms with Crippen LogP contribution in [-0.2, 0) is 30.2 Å². The third-order valence-corrected chi connectivity index (χ3v) is 4.68. The first-order chi connectivity index (χ1) is 17.2. The van der Waals surface area contributed by atoms with Gasteiger partial charge in [-0.2, -0.15) is 0 Å². The van der Waals surface area contributed by atoms with Crippen LogP contribution in [-0.4, -0.2) is 52.2 Å². The quantitative estimate of drug-likeness (QED) is 0.234. The van der Waals surface area contributed by atoms with E-state index in [1.54, 1.807) is 48.5 Å². The van der Waals surface area contributed by atoms with Gasteiger partial charge in [-0.3, -0.25) is 9.59 Å². The number of carboxylic acids is 1. The summed E-state index contributed by atoms with van der Waals surface area (Å²) >= 11 is 0. The fraction of sp³-hybridized carbons (Fsp3) is 0.630. The van der Waals surface area contributed by atoms with Gasteiger partial charge in [0.1, 0.15) is 22.8 Å². The Morgan fingerprint density at radius 2 is 1.37 bits per heavy atom. The molecular weight excluding hydrogens is 498 g/mol. The average Bonchev–Trinajstić information content (AvgIpc) is 2.65. The second-order valence-corrected chi connectivity index (χ2v) is 11.7. The first-order valence-electron chi connectivity index (χ1n) is 12.4. The standard InChI is InChI=1S/C27H41NO10/c1-16(2)12-21(29)34-17(3)14-27(28,22(30)31)15-18-10-11-19(35-23(32)37-25(4,5)6)20(13-18)36-24(33)38-26(7,8)9/h10-11,13,16-17H,12,14-15,28H2,1-9H3,(H,30,31)/t17-,27?/m0/s1. The maximum atomic E-state index is 12.3. The van der Waals surface area contributed by atoms with E-state index in [9.17, 15) is 24.3 Å². The number of esters is 1. The first-order valence-corrected chi connectivity index (χ1v) is 12.4. The molecule has 1 aromatic carbocycles. The topological polar surface area (TPSA) is 161 Å². The monoisotopic (exact) mass is 539 g/mol. The van der Waals surface area contributed by atoms with E-state index in [1.165, 1.54) is 18.2 Å². The Labute approximate surface area is 223 Å². The molecule has 0 spiro atoms. The zero-order chi connectivity index (χ0) is 29.5. The van der Waals surface area contributed by atoms with Crippen molar-refractivity contribution in [3.63, 3.8) is 0 Å². The largest absolute Gasteiger partial charge is 0.514 e. The zero-order valence-corrected chi connectivity index (χ0v) is 23.7. The van der Waals surface area contributed by atoms with Crippen molar-refractivity contribution in [1.82, 2.24) is 0 Å². The highest BCUT2D eigenvalue weighted by Gasteiger charge is 2.37. The molecule has 2 atom stereocenters. The molecule has 11 nitrogen and oxygen atoms in total. The van der Waals surface area contributed by atoms with E-state index < -0.39 is 47.1 Å². The van der Waals surface area contributed by atoms with E-state index in [0.29, 0.717) is 5.56 Å². The van der Waals surface area contributed by atoms with Crippen LogP contribution in [0.25, 0.3) is 0 Å². The molecule has 3 N–H and O–H groups in total. The summed E-state index contributed by atoms with van der Waals surface area (Å²) in [5, 5.41) is 9.89. The van der Waals surface area contributed by atoms with E-state index in [2.05, 4.69) is 0 Å². The smallest absolute Gasteiger partial charge is 0.480 e. The summed E-state index contributed by atoms with van der Waals surface area (Å²) in [5.74, 6) is -2.03. The van der Waals surface area contributed by atoms with E-state index in [-0.39, 0.29) is 36.7 Å². The van der Waals surface area contributed by atoms with Crippen LogP contribution in [0.1, 0.15) is 80.7 Å². The maximum Gasteiger partial charge on any atom is 0.514 e. The van der Waals surface area contributed by atoms with Gasteiger partial charge >= 0.3 is 24.2 Å². The molecule has 214 valence electrons. The summed E-state index contributed by atoms with van der Waals surface area (Å²) in [7, 11) is 0. The molecule has 0 radical (unpaired) electrons. The van der Waals surface area contributed by atoms with E-state index in [1.807, 2.05) is 13.8 Å². The first kappa shape index (κ1) is 32.7. The van der Waals surface area contributed by atoms with Crippen molar-refractivity contribution in [2.75, 3.05) is 0 Å². The lowest BCUT2D eigenvalue weighted by atomic mass is 9.86. The minimum Gasteiger partial charge on any atom is -0.480 e. The van der Waals surface area contributed by atoms with Crippen LogP contribution in [0, 0.1) is 5.92 Å². The summed E-state index contributed by atoms with van der Waals surface area (Å²) < 4.78 is 26.2. The number of hydrogen-bond acceptors (Lipinski definition) is 10.